The molecule has 1 amide bonds. The molecule has 0 aliphatic heterocycles. The first-order valence-corrected chi connectivity index (χ1v) is 5.40. The predicted octanol–water partition coefficient (Wildman–Crippen LogP) is 1.94. The lowest BCUT2D eigenvalue weighted by atomic mass is 10.3. The van der Waals surface area contributed by atoms with Crippen LogP contribution in [-0.4, -0.2) is 21.5 Å². The van der Waals surface area contributed by atoms with E-state index in [1.165, 1.54) is 0 Å². The highest BCUT2D eigenvalue weighted by Gasteiger charge is 2.16. The maximum atomic E-state index is 11.7. The van der Waals surface area contributed by atoms with Crippen LogP contribution in [0.3, 0.4) is 0 Å². The zero-order chi connectivity index (χ0) is 11.6. The van der Waals surface area contributed by atoms with Gasteiger partial charge in [0.05, 0.1) is 0 Å². The van der Waals surface area contributed by atoms with E-state index in [0.29, 0.717) is 4.77 Å². The maximum Gasteiger partial charge on any atom is 0.243 e. The molecular formula is C10H17N3OS. The van der Waals surface area contributed by atoms with Gasteiger partial charge in [0.15, 0.2) is 4.77 Å². The molecule has 0 saturated carbocycles. The van der Waals surface area contributed by atoms with Crippen molar-refractivity contribution in [2.24, 2.45) is 0 Å². The number of nitrogens with one attached hydrogen (secondary N) is 2. The summed E-state index contributed by atoms with van der Waals surface area (Å²) in [4.78, 5) is 14.7. The van der Waals surface area contributed by atoms with Crippen LogP contribution in [0.4, 0.5) is 0 Å². The summed E-state index contributed by atoms with van der Waals surface area (Å²) in [6.45, 7) is 7.62. The molecule has 1 rings (SSSR count). The van der Waals surface area contributed by atoms with Crippen LogP contribution in [-0.2, 0) is 4.79 Å². The molecule has 84 valence electrons. The van der Waals surface area contributed by atoms with Crippen molar-refractivity contribution in [2.75, 3.05) is 0 Å². The first-order valence-electron chi connectivity index (χ1n) is 5.00. The molecule has 1 unspecified atom stereocenters. The van der Waals surface area contributed by atoms with Gasteiger partial charge in [0.1, 0.15) is 6.04 Å². The van der Waals surface area contributed by atoms with E-state index >= 15 is 0 Å². The summed E-state index contributed by atoms with van der Waals surface area (Å²) < 4.78 is 2.35. The summed E-state index contributed by atoms with van der Waals surface area (Å²) >= 11 is 5.11. The number of aromatic amines is 1. The Morgan fingerprint density at radius 3 is 2.53 bits per heavy atom. The summed E-state index contributed by atoms with van der Waals surface area (Å²) in [5, 5.41) is 2.86. The van der Waals surface area contributed by atoms with Crippen LogP contribution in [0.15, 0.2) is 6.20 Å². The minimum atomic E-state index is -0.273. The van der Waals surface area contributed by atoms with Crippen molar-refractivity contribution in [1.82, 2.24) is 14.9 Å². The molecule has 0 spiro atoms. The molecule has 5 heteroatoms. The molecule has 4 nitrogen and oxygen atoms in total. The minimum Gasteiger partial charge on any atom is -0.352 e. The van der Waals surface area contributed by atoms with Crippen molar-refractivity contribution < 1.29 is 4.79 Å². The van der Waals surface area contributed by atoms with Gasteiger partial charge in [-0.3, -0.25) is 4.79 Å². The molecule has 15 heavy (non-hydrogen) atoms. The first-order chi connectivity index (χ1) is 6.91. The number of hydrogen-bond acceptors (Lipinski definition) is 2. The first kappa shape index (κ1) is 12.0. The molecule has 0 bridgehead atoms. The van der Waals surface area contributed by atoms with E-state index in [1.54, 1.807) is 4.57 Å². The van der Waals surface area contributed by atoms with E-state index in [2.05, 4.69) is 10.3 Å². The third-order valence-corrected chi connectivity index (χ3v) is 2.41. The second kappa shape index (κ2) is 4.61. The van der Waals surface area contributed by atoms with Crippen LogP contribution in [0, 0.1) is 11.7 Å². The van der Waals surface area contributed by atoms with Crippen molar-refractivity contribution in [2.45, 2.75) is 39.8 Å². The van der Waals surface area contributed by atoms with Crippen molar-refractivity contribution in [3.8, 4) is 0 Å². The SMILES string of the molecule is Cc1cn(C(C)C(=O)NC(C)C)c(=S)[nH]1. The molecule has 2 N–H and O–H groups in total. The molecule has 0 aliphatic carbocycles. The van der Waals surface area contributed by atoms with Gasteiger partial charge >= 0.3 is 0 Å². The van der Waals surface area contributed by atoms with Gasteiger partial charge in [0.2, 0.25) is 5.91 Å². The van der Waals surface area contributed by atoms with Gasteiger partial charge in [-0.1, -0.05) is 0 Å². The quantitative estimate of drug-likeness (QED) is 0.775. The standard InChI is InChI=1S/C10H17N3OS/c1-6(2)11-9(14)8(4)13-5-7(3)12-10(13)15/h5-6,8H,1-4H3,(H,11,14)(H,12,15). The highest BCUT2D eigenvalue weighted by Crippen LogP contribution is 2.08. The number of carbonyl (C=O) groups excluding carboxylic acids is 1. The van der Waals surface area contributed by atoms with Gasteiger partial charge in [-0.15, -0.1) is 0 Å². The van der Waals surface area contributed by atoms with Crippen LogP contribution in [0.5, 0.6) is 0 Å². The molecular weight excluding hydrogens is 210 g/mol. The number of aromatic nitrogens is 2. The second-order valence-corrected chi connectivity index (χ2v) is 4.38. The molecule has 0 fully saturated rings. The smallest absolute Gasteiger partial charge is 0.243 e. The van der Waals surface area contributed by atoms with Gasteiger partial charge in [-0.05, 0) is 39.9 Å². The molecule has 1 aromatic heterocycles. The Balaban J connectivity index is 2.85. The molecule has 0 aliphatic rings. The lowest BCUT2D eigenvalue weighted by Crippen LogP contribution is -2.35. The Morgan fingerprint density at radius 1 is 1.53 bits per heavy atom. The summed E-state index contributed by atoms with van der Waals surface area (Å²) in [6, 6.07) is -0.126. The van der Waals surface area contributed by atoms with Gasteiger partial charge in [0, 0.05) is 17.9 Å². The molecule has 1 aromatic rings. The normalized spacial score (nSPS) is 12.9. The van der Waals surface area contributed by atoms with Gasteiger partial charge in [0.25, 0.3) is 0 Å². The number of hydrogen-bond donors (Lipinski definition) is 2. The zero-order valence-corrected chi connectivity index (χ0v) is 10.3. The Bertz CT molecular complexity index is 405. The van der Waals surface area contributed by atoms with Gasteiger partial charge in [-0.25, -0.2) is 0 Å². The number of H-pyrrole nitrogens is 1. The fourth-order valence-electron chi connectivity index (χ4n) is 1.35. The largest absolute Gasteiger partial charge is 0.352 e. The summed E-state index contributed by atoms with van der Waals surface area (Å²) in [5.41, 5.74) is 0.962. The Kier molecular flexibility index (Phi) is 3.68. The molecule has 0 radical (unpaired) electrons. The minimum absolute atomic E-state index is 0.0138. The summed E-state index contributed by atoms with van der Waals surface area (Å²) in [6.07, 6.45) is 1.85. The van der Waals surface area contributed by atoms with Gasteiger partial charge in [-0.2, -0.15) is 0 Å². The summed E-state index contributed by atoms with van der Waals surface area (Å²) in [5.74, 6) is -0.0138. The number of aryl methyl sites for hydroxylation is 1. The van der Waals surface area contributed by atoms with Crippen molar-refractivity contribution in [3.63, 3.8) is 0 Å². The highest BCUT2D eigenvalue weighted by molar-refractivity contribution is 7.71. The fourth-order valence-corrected chi connectivity index (χ4v) is 1.72. The van der Waals surface area contributed by atoms with Crippen LogP contribution in [0.2, 0.25) is 0 Å². The predicted molar refractivity (Wildman–Crippen MR) is 62.3 cm³/mol. The second-order valence-electron chi connectivity index (χ2n) is 3.99. The summed E-state index contributed by atoms with van der Waals surface area (Å²) in [7, 11) is 0. The molecule has 0 aromatic carbocycles. The topological polar surface area (TPSA) is 49.8 Å². The Morgan fingerprint density at radius 2 is 2.13 bits per heavy atom. The van der Waals surface area contributed by atoms with Crippen molar-refractivity contribution in [3.05, 3.63) is 16.7 Å². The van der Waals surface area contributed by atoms with Crippen LogP contribution < -0.4 is 5.32 Å². The average molecular weight is 227 g/mol. The maximum absolute atomic E-state index is 11.7. The highest BCUT2D eigenvalue weighted by atomic mass is 32.1. The van der Waals surface area contributed by atoms with Crippen molar-refractivity contribution in [1.29, 1.82) is 0 Å². The van der Waals surface area contributed by atoms with E-state index in [0.717, 1.165) is 5.69 Å². The monoisotopic (exact) mass is 227 g/mol. The van der Waals surface area contributed by atoms with Crippen LogP contribution >= 0.6 is 12.2 Å². The molecule has 0 saturated heterocycles. The third-order valence-electron chi connectivity index (χ3n) is 2.10. The molecule has 1 heterocycles. The number of imidazole rings is 1. The van der Waals surface area contributed by atoms with E-state index < -0.39 is 0 Å². The number of carbonyl (C=O) groups is 1. The lowest BCUT2D eigenvalue weighted by Gasteiger charge is -2.15. The number of rotatable bonds is 3. The molecule has 1 atom stereocenters. The van der Waals surface area contributed by atoms with E-state index in [4.69, 9.17) is 12.2 Å². The van der Waals surface area contributed by atoms with E-state index in [-0.39, 0.29) is 18.0 Å². The average Bonchev–Trinajstić information content (AvgIpc) is 2.42. The van der Waals surface area contributed by atoms with E-state index in [9.17, 15) is 4.79 Å². The third kappa shape index (κ3) is 2.92. The van der Waals surface area contributed by atoms with Crippen LogP contribution in [0.1, 0.15) is 32.5 Å². The number of nitrogens with zero attached hydrogens (tertiary/aromatic N) is 1. The number of amides is 1. The Labute approximate surface area is 94.7 Å². The fraction of sp³-hybridized carbons (Fsp3) is 0.600. The van der Waals surface area contributed by atoms with E-state index in [1.807, 2.05) is 33.9 Å². The zero-order valence-electron chi connectivity index (χ0n) is 9.50. The Hall–Kier alpha value is -1.10. The van der Waals surface area contributed by atoms with Crippen LogP contribution in [0.25, 0.3) is 0 Å². The lowest BCUT2D eigenvalue weighted by molar-refractivity contribution is -0.124. The van der Waals surface area contributed by atoms with Gasteiger partial charge < -0.3 is 14.9 Å². The van der Waals surface area contributed by atoms with Crippen molar-refractivity contribution >= 4 is 18.1 Å².